The Morgan fingerprint density at radius 1 is 1.43 bits per heavy atom. The van der Waals surface area contributed by atoms with Crippen molar-refractivity contribution in [3.8, 4) is 5.75 Å². The van der Waals surface area contributed by atoms with Crippen LogP contribution in [0.2, 0.25) is 0 Å². The minimum absolute atomic E-state index is 0.221. The predicted octanol–water partition coefficient (Wildman–Crippen LogP) is 2.74. The van der Waals surface area contributed by atoms with Crippen LogP contribution in [0.3, 0.4) is 0 Å². The highest BCUT2D eigenvalue weighted by atomic mass is 16.5. The number of nitrogens with one attached hydrogen (secondary N) is 2. The number of rotatable bonds is 5. The predicted molar refractivity (Wildman–Crippen MR) is 87.9 cm³/mol. The summed E-state index contributed by atoms with van der Waals surface area (Å²) in [6.45, 7) is 4.68. The molecule has 0 spiro atoms. The van der Waals surface area contributed by atoms with Gasteiger partial charge >= 0.3 is 0 Å². The fraction of sp³-hybridized carbons (Fsp3) is 0.312. The maximum Gasteiger partial charge on any atom is 0.260 e. The van der Waals surface area contributed by atoms with E-state index >= 15 is 0 Å². The summed E-state index contributed by atoms with van der Waals surface area (Å²) in [7, 11) is 1.60. The lowest BCUT2D eigenvalue weighted by Gasteiger charge is -2.02. The number of hydrogen-bond donors (Lipinski definition) is 2. The molecule has 0 bridgehead atoms. The Morgan fingerprint density at radius 2 is 2.26 bits per heavy atom. The van der Waals surface area contributed by atoms with Gasteiger partial charge in [-0.1, -0.05) is 6.92 Å². The molecule has 0 radical (unpaired) electrons. The summed E-state index contributed by atoms with van der Waals surface area (Å²) in [4.78, 5) is 12.5. The topological polar surface area (TPSA) is 84.8 Å². The number of benzene rings is 1. The Kier molecular flexibility index (Phi) is 4.01. The van der Waals surface area contributed by atoms with Gasteiger partial charge in [-0.2, -0.15) is 10.2 Å². The molecule has 0 aliphatic carbocycles. The minimum atomic E-state index is -0.221. The average Bonchev–Trinajstić information content (AvgIpc) is 3.11. The molecule has 0 saturated carbocycles. The first-order chi connectivity index (χ1) is 11.1. The van der Waals surface area contributed by atoms with Crippen LogP contribution in [0.15, 0.2) is 24.4 Å². The van der Waals surface area contributed by atoms with Gasteiger partial charge in [0.1, 0.15) is 5.75 Å². The third-order valence-corrected chi connectivity index (χ3v) is 3.65. The van der Waals surface area contributed by atoms with Crippen molar-refractivity contribution in [3.63, 3.8) is 0 Å². The van der Waals surface area contributed by atoms with E-state index in [1.165, 1.54) is 0 Å². The molecule has 0 aliphatic heterocycles. The van der Waals surface area contributed by atoms with Crippen LogP contribution in [0, 0.1) is 6.92 Å². The highest BCUT2D eigenvalue weighted by Crippen LogP contribution is 2.25. The van der Waals surface area contributed by atoms with Crippen molar-refractivity contribution >= 4 is 22.6 Å². The number of aryl methyl sites for hydroxylation is 2. The summed E-state index contributed by atoms with van der Waals surface area (Å²) < 4.78 is 7.01. The Hall–Kier alpha value is -2.83. The van der Waals surface area contributed by atoms with Crippen LogP contribution < -0.4 is 10.1 Å². The molecule has 2 heterocycles. The molecule has 120 valence electrons. The van der Waals surface area contributed by atoms with Crippen molar-refractivity contribution in [3.05, 3.63) is 35.7 Å². The molecule has 0 aliphatic rings. The summed E-state index contributed by atoms with van der Waals surface area (Å²) in [5.74, 6) is 0.967. The van der Waals surface area contributed by atoms with E-state index in [1.54, 1.807) is 18.0 Å². The van der Waals surface area contributed by atoms with Gasteiger partial charge in [0.15, 0.2) is 5.82 Å². The Labute approximate surface area is 133 Å². The number of carbonyl (C=O) groups is 1. The monoisotopic (exact) mass is 313 g/mol. The van der Waals surface area contributed by atoms with Gasteiger partial charge in [-0.25, -0.2) is 0 Å². The first kappa shape index (κ1) is 15.1. The van der Waals surface area contributed by atoms with Crippen molar-refractivity contribution in [1.29, 1.82) is 0 Å². The van der Waals surface area contributed by atoms with Crippen molar-refractivity contribution < 1.29 is 9.53 Å². The van der Waals surface area contributed by atoms with Gasteiger partial charge in [-0.3, -0.25) is 14.6 Å². The highest BCUT2D eigenvalue weighted by molar-refractivity contribution is 6.08. The molecule has 7 nitrogen and oxygen atoms in total. The standard InChI is InChI=1S/C16H19N5O2/c1-4-7-21-9-13(10(2)20-21)16(22)17-15-12-8-11(23-3)5-6-14(12)18-19-15/h5-6,8-9H,4,7H2,1-3H3,(H2,17,18,19,22). The fourth-order valence-corrected chi connectivity index (χ4v) is 2.47. The molecule has 1 aromatic carbocycles. The quantitative estimate of drug-likeness (QED) is 0.758. The minimum Gasteiger partial charge on any atom is -0.497 e. The number of amides is 1. The van der Waals surface area contributed by atoms with Crippen LogP contribution in [0.4, 0.5) is 5.82 Å². The molecule has 0 atom stereocenters. The molecule has 0 saturated heterocycles. The van der Waals surface area contributed by atoms with E-state index < -0.39 is 0 Å². The summed E-state index contributed by atoms with van der Waals surface area (Å²) in [5.41, 5.74) is 2.09. The van der Waals surface area contributed by atoms with Gasteiger partial charge in [0.2, 0.25) is 0 Å². The van der Waals surface area contributed by atoms with E-state index in [2.05, 4.69) is 27.5 Å². The number of fused-ring (bicyclic) bond motifs is 1. The second-order valence-electron chi connectivity index (χ2n) is 5.33. The van der Waals surface area contributed by atoms with Gasteiger partial charge in [0, 0.05) is 18.1 Å². The zero-order valence-corrected chi connectivity index (χ0v) is 13.4. The molecule has 23 heavy (non-hydrogen) atoms. The number of H-pyrrole nitrogens is 1. The number of aromatic amines is 1. The second-order valence-corrected chi connectivity index (χ2v) is 5.33. The van der Waals surface area contributed by atoms with E-state index in [4.69, 9.17) is 4.74 Å². The third-order valence-electron chi connectivity index (χ3n) is 3.65. The highest BCUT2D eigenvalue weighted by Gasteiger charge is 2.16. The van der Waals surface area contributed by atoms with Crippen molar-refractivity contribution in [1.82, 2.24) is 20.0 Å². The Balaban J connectivity index is 1.88. The summed E-state index contributed by atoms with van der Waals surface area (Å²) in [6.07, 6.45) is 2.73. The molecule has 3 rings (SSSR count). The molecule has 7 heteroatoms. The largest absolute Gasteiger partial charge is 0.497 e. The fourth-order valence-electron chi connectivity index (χ4n) is 2.47. The number of anilines is 1. The summed E-state index contributed by atoms with van der Waals surface area (Å²) >= 11 is 0. The van der Waals surface area contributed by atoms with Gasteiger partial charge < -0.3 is 10.1 Å². The van der Waals surface area contributed by atoms with E-state index in [-0.39, 0.29) is 5.91 Å². The number of carbonyl (C=O) groups excluding carboxylic acids is 1. The Morgan fingerprint density at radius 3 is 3.00 bits per heavy atom. The maximum absolute atomic E-state index is 12.5. The van der Waals surface area contributed by atoms with E-state index in [9.17, 15) is 4.79 Å². The molecular weight excluding hydrogens is 294 g/mol. The molecule has 0 fully saturated rings. The number of aromatic nitrogens is 4. The average molecular weight is 313 g/mol. The van der Waals surface area contributed by atoms with E-state index in [0.29, 0.717) is 22.8 Å². The number of methoxy groups -OCH3 is 1. The van der Waals surface area contributed by atoms with Crippen molar-refractivity contribution in [2.24, 2.45) is 0 Å². The third kappa shape index (κ3) is 2.90. The summed E-state index contributed by atoms with van der Waals surface area (Å²) in [6, 6.07) is 5.54. The van der Waals surface area contributed by atoms with Crippen LogP contribution in [-0.2, 0) is 6.54 Å². The van der Waals surface area contributed by atoms with Gasteiger partial charge in [-0.05, 0) is 31.5 Å². The molecule has 0 unspecified atom stereocenters. The van der Waals surface area contributed by atoms with E-state index in [0.717, 1.165) is 23.9 Å². The zero-order valence-electron chi connectivity index (χ0n) is 13.4. The van der Waals surface area contributed by atoms with Crippen LogP contribution in [0.25, 0.3) is 10.9 Å². The zero-order chi connectivity index (χ0) is 16.4. The van der Waals surface area contributed by atoms with Gasteiger partial charge in [-0.15, -0.1) is 0 Å². The molecule has 3 aromatic rings. The first-order valence-corrected chi connectivity index (χ1v) is 7.50. The normalized spacial score (nSPS) is 10.9. The molecular formula is C16H19N5O2. The Bertz CT molecular complexity index is 849. The smallest absolute Gasteiger partial charge is 0.260 e. The number of ether oxygens (including phenoxy) is 1. The maximum atomic E-state index is 12.5. The van der Waals surface area contributed by atoms with Crippen LogP contribution >= 0.6 is 0 Å². The van der Waals surface area contributed by atoms with Gasteiger partial charge in [0.05, 0.1) is 23.9 Å². The van der Waals surface area contributed by atoms with Crippen molar-refractivity contribution in [2.45, 2.75) is 26.8 Å². The summed E-state index contributed by atoms with van der Waals surface area (Å²) in [5, 5.41) is 15.1. The first-order valence-electron chi connectivity index (χ1n) is 7.50. The number of nitrogens with zero attached hydrogens (tertiary/aromatic N) is 3. The van der Waals surface area contributed by atoms with Crippen LogP contribution in [0.5, 0.6) is 5.75 Å². The second kappa shape index (κ2) is 6.12. The van der Waals surface area contributed by atoms with Crippen LogP contribution in [0.1, 0.15) is 29.4 Å². The van der Waals surface area contributed by atoms with Gasteiger partial charge in [0.25, 0.3) is 5.91 Å². The molecule has 2 aromatic heterocycles. The lowest BCUT2D eigenvalue weighted by molar-refractivity contribution is 0.102. The molecule has 2 N–H and O–H groups in total. The molecule has 1 amide bonds. The lowest BCUT2D eigenvalue weighted by Crippen LogP contribution is -2.13. The van der Waals surface area contributed by atoms with E-state index in [1.807, 2.05) is 25.1 Å². The van der Waals surface area contributed by atoms with Crippen LogP contribution in [-0.4, -0.2) is 33.0 Å². The SMILES string of the molecule is CCCn1cc(C(=O)Nc2n[nH]c3ccc(OC)cc23)c(C)n1. The number of hydrogen-bond acceptors (Lipinski definition) is 4. The lowest BCUT2D eigenvalue weighted by atomic mass is 10.2. The van der Waals surface area contributed by atoms with Crippen molar-refractivity contribution in [2.75, 3.05) is 12.4 Å².